The van der Waals surface area contributed by atoms with Crippen LogP contribution < -0.4 is 30.7 Å². The molecule has 2 unspecified atom stereocenters. The molecule has 0 bridgehead atoms. The van der Waals surface area contributed by atoms with Crippen LogP contribution in [0.25, 0.3) is 11.1 Å². The van der Waals surface area contributed by atoms with Crippen LogP contribution in [0.4, 0.5) is 22.7 Å². The third kappa shape index (κ3) is 11.1. The van der Waals surface area contributed by atoms with Crippen molar-refractivity contribution in [3.8, 4) is 22.6 Å². The Hall–Kier alpha value is -5.88. The van der Waals surface area contributed by atoms with Gasteiger partial charge in [0, 0.05) is 33.9 Å². The summed E-state index contributed by atoms with van der Waals surface area (Å²) < 4.78 is 14.1. The summed E-state index contributed by atoms with van der Waals surface area (Å²) in [6.45, 7) is 36.4. The van der Waals surface area contributed by atoms with Gasteiger partial charge >= 0.3 is 0 Å². The molecule has 0 aromatic heterocycles. The number of rotatable bonds is 17. The van der Waals surface area contributed by atoms with Gasteiger partial charge in [-0.2, -0.15) is 0 Å². The first-order valence-electron chi connectivity index (χ1n) is 23.2. The Morgan fingerprint density at radius 1 is 0.391 bits per heavy atom. The van der Waals surface area contributed by atoms with Gasteiger partial charge in [0.15, 0.2) is 12.5 Å². The molecule has 6 aromatic carbocycles. The first-order valence-corrected chi connectivity index (χ1v) is 23.2. The van der Waals surface area contributed by atoms with Crippen molar-refractivity contribution in [1.82, 2.24) is 0 Å². The zero-order chi connectivity index (χ0) is 46.6. The molecule has 6 heteroatoms. The highest BCUT2D eigenvalue weighted by Gasteiger charge is 2.28. The second-order valence-corrected chi connectivity index (χ2v) is 19.1. The highest BCUT2D eigenvalue weighted by Crippen LogP contribution is 2.47. The maximum atomic E-state index is 7.06. The summed E-state index contributed by atoms with van der Waals surface area (Å²) in [5.74, 6) is 2.17. The lowest BCUT2D eigenvalue weighted by Crippen LogP contribution is -2.36. The van der Waals surface area contributed by atoms with E-state index in [2.05, 4.69) is 217 Å². The van der Waals surface area contributed by atoms with Crippen molar-refractivity contribution in [2.45, 2.75) is 135 Å². The van der Waals surface area contributed by atoms with Crippen molar-refractivity contribution < 1.29 is 9.47 Å². The van der Waals surface area contributed by atoms with E-state index in [-0.39, 0.29) is 11.8 Å². The number of hydrogen-bond acceptors (Lipinski definition) is 6. The molecule has 0 fully saturated rings. The van der Waals surface area contributed by atoms with E-state index in [9.17, 15) is 0 Å². The number of anilines is 4. The fourth-order valence-corrected chi connectivity index (χ4v) is 8.90. The summed E-state index contributed by atoms with van der Waals surface area (Å²) in [6.07, 6.45) is -0.844. The Bertz CT molecular complexity index is 2440. The molecular weight excluding hydrogens is 785 g/mol. The molecule has 6 nitrogen and oxygen atoms in total. The van der Waals surface area contributed by atoms with Crippen LogP contribution in [-0.4, -0.2) is 25.5 Å². The summed E-state index contributed by atoms with van der Waals surface area (Å²) in [5, 5.41) is 15.7. The zero-order valence-corrected chi connectivity index (χ0v) is 41.6. The van der Waals surface area contributed by atoms with E-state index in [0.29, 0.717) is 13.1 Å². The van der Waals surface area contributed by atoms with Crippen molar-refractivity contribution in [3.05, 3.63) is 163 Å². The molecule has 64 heavy (non-hydrogen) atoms. The number of hydrogen-bond donors (Lipinski definition) is 4. The van der Waals surface area contributed by atoms with E-state index in [1.165, 1.54) is 77.9 Å². The molecule has 0 saturated heterocycles. The minimum absolute atomic E-state index is 0.225. The van der Waals surface area contributed by atoms with Crippen LogP contribution in [0, 0.1) is 83.1 Å². The minimum Gasteiger partial charge on any atom is -0.469 e. The average Bonchev–Trinajstić information content (AvgIpc) is 3.22. The first-order chi connectivity index (χ1) is 30.3. The van der Waals surface area contributed by atoms with Gasteiger partial charge in [-0.25, -0.2) is 0 Å². The van der Waals surface area contributed by atoms with Crippen molar-refractivity contribution in [2.24, 2.45) is 0 Å². The van der Waals surface area contributed by atoms with Crippen LogP contribution in [0.3, 0.4) is 0 Å². The monoisotopic (exact) mass is 859 g/mol. The van der Waals surface area contributed by atoms with Crippen LogP contribution in [0.2, 0.25) is 0 Å². The second-order valence-electron chi connectivity index (χ2n) is 19.1. The summed E-state index contributed by atoms with van der Waals surface area (Å²) in [4.78, 5) is 0. The van der Waals surface area contributed by atoms with Crippen LogP contribution >= 0.6 is 0 Å². The van der Waals surface area contributed by atoms with Crippen molar-refractivity contribution in [1.29, 1.82) is 0 Å². The molecule has 4 N–H and O–H groups in total. The maximum Gasteiger partial charge on any atom is 0.187 e. The summed E-state index contributed by atoms with van der Waals surface area (Å²) in [6, 6.07) is 30.7. The van der Waals surface area contributed by atoms with Crippen LogP contribution in [-0.2, 0) is 0 Å². The SMILES string of the molecule is Cc1ccc(NCC(Nc2c(C(C)C)cc(C)c(C)c2-c2c(C)c(C)cc(C(C)C)c2NC(CNc2ccc(C)cc2C)Oc2ccc(C)cc2C)Oc2ccc(C)cc2C)c(C)c1. The van der Waals surface area contributed by atoms with Gasteiger partial charge in [-0.3, -0.25) is 0 Å². The van der Waals surface area contributed by atoms with Crippen LogP contribution in [0.15, 0.2) is 84.9 Å². The number of nitrogens with one attached hydrogen (secondary N) is 4. The van der Waals surface area contributed by atoms with Crippen molar-refractivity contribution in [2.75, 3.05) is 34.4 Å². The lowest BCUT2D eigenvalue weighted by atomic mass is 9.82. The van der Waals surface area contributed by atoms with Gasteiger partial charge in [0.05, 0.1) is 13.1 Å². The predicted octanol–water partition coefficient (Wildman–Crippen LogP) is 15.2. The van der Waals surface area contributed by atoms with Gasteiger partial charge in [0.1, 0.15) is 11.5 Å². The molecule has 0 aliphatic rings. The highest BCUT2D eigenvalue weighted by molar-refractivity contribution is 5.94. The largest absolute Gasteiger partial charge is 0.469 e. The molecule has 2 atom stereocenters. The molecule has 0 spiro atoms. The minimum atomic E-state index is -0.422. The molecular formula is C58H74N4O2. The number of ether oxygens (including phenoxy) is 2. The molecule has 0 aliphatic carbocycles. The lowest BCUT2D eigenvalue weighted by molar-refractivity contribution is 0.241. The van der Waals surface area contributed by atoms with Gasteiger partial charge in [-0.1, -0.05) is 111 Å². The Morgan fingerprint density at radius 3 is 1.03 bits per heavy atom. The molecule has 6 aromatic rings. The predicted molar refractivity (Wildman–Crippen MR) is 276 cm³/mol. The summed E-state index contributed by atoms with van der Waals surface area (Å²) in [7, 11) is 0. The van der Waals surface area contributed by atoms with E-state index in [4.69, 9.17) is 9.47 Å². The Labute approximate surface area is 385 Å². The van der Waals surface area contributed by atoms with Crippen LogP contribution in [0.5, 0.6) is 11.5 Å². The van der Waals surface area contributed by atoms with Gasteiger partial charge < -0.3 is 30.7 Å². The fourth-order valence-electron chi connectivity index (χ4n) is 8.90. The molecule has 0 radical (unpaired) electrons. The van der Waals surface area contributed by atoms with Crippen molar-refractivity contribution >= 4 is 22.7 Å². The van der Waals surface area contributed by atoms with Gasteiger partial charge in [0.25, 0.3) is 0 Å². The Morgan fingerprint density at radius 2 is 0.719 bits per heavy atom. The third-order valence-electron chi connectivity index (χ3n) is 12.8. The van der Waals surface area contributed by atoms with E-state index in [0.717, 1.165) is 45.4 Å². The van der Waals surface area contributed by atoms with Gasteiger partial charge in [-0.15, -0.1) is 0 Å². The summed E-state index contributed by atoms with van der Waals surface area (Å²) in [5.41, 5.74) is 23.7. The molecule has 0 heterocycles. The standard InChI is InChI=1S/C58H74N4O2/c1-33(2)47-29-39(9)45(15)55(57(47)61-53(63-51-23-19-37(7)27-43(51)13)31-59-49-21-17-35(5)25-41(49)11)56-46(16)40(10)30-48(34(3)4)58(56)62-54(64-52-24-20-38(8)28-44(52)14)32-60-50-22-18-36(6)26-42(50)12/h17-30,33-34,53-54,59-62H,31-32H2,1-16H3. The van der Waals surface area contributed by atoms with Gasteiger partial charge in [0.2, 0.25) is 0 Å². The number of benzene rings is 6. The van der Waals surface area contributed by atoms with E-state index >= 15 is 0 Å². The van der Waals surface area contributed by atoms with Crippen molar-refractivity contribution in [3.63, 3.8) is 0 Å². The Kier molecular flexibility index (Phi) is 15.1. The molecule has 0 amide bonds. The Balaban J connectivity index is 1.55. The second kappa shape index (κ2) is 20.3. The average molecular weight is 859 g/mol. The van der Waals surface area contributed by atoms with E-state index in [1.54, 1.807) is 0 Å². The maximum absolute atomic E-state index is 7.06. The number of aryl methyl sites for hydroxylation is 10. The van der Waals surface area contributed by atoms with E-state index in [1.807, 2.05) is 0 Å². The molecule has 338 valence electrons. The third-order valence-corrected chi connectivity index (χ3v) is 12.8. The molecule has 0 aliphatic heterocycles. The fraction of sp³-hybridized carbons (Fsp3) is 0.379. The van der Waals surface area contributed by atoms with Gasteiger partial charge in [-0.05, 0) is 175 Å². The van der Waals surface area contributed by atoms with E-state index < -0.39 is 12.5 Å². The zero-order valence-electron chi connectivity index (χ0n) is 41.6. The summed E-state index contributed by atoms with van der Waals surface area (Å²) >= 11 is 0. The quantitative estimate of drug-likeness (QED) is 0.0685. The highest BCUT2D eigenvalue weighted by atomic mass is 16.5. The lowest BCUT2D eigenvalue weighted by Gasteiger charge is -2.32. The van der Waals surface area contributed by atoms with Crippen LogP contribution in [0.1, 0.15) is 117 Å². The topological polar surface area (TPSA) is 66.6 Å². The normalized spacial score (nSPS) is 12.3. The first kappa shape index (κ1) is 47.6. The smallest absolute Gasteiger partial charge is 0.187 e. The molecule has 0 saturated carbocycles. The molecule has 6 rings (SSSR count).